The number of rotatable bonds is 3. The predicted octanol–water partition coefficient (Wildman–Crippen LogP) is 0.754. The molecule has 0 bridgehead atoms. The monoisotopic (exact) mass is 295 g/mol. The lowest BCUT2D eigenvalue weighted by Gasteiger charge is -2.00. The third kappa shape index (κ3) is 2.64. The number of carbonyl (C=O) groups is 1. The molecule has 0 aliphatic carbocycles. The molecule has 13 heavy (non-hydrogen) atoms. The summed E-state index contributed by atoms with van der Waals surface area (Å²) in [6.07, 6.45) is 0.329. The third-order valence-electron chi connectivity index (χ3n) is 1.58. The van der Waals surface area contributed by atoms with Crippen molar-refractivity contribution in [3.05, 3.63) is 9.39 Å². The summed E-state index contributed by atoms with van der Waals surface area (Å²) in [5, 5.41) is 7.75. The fourth-order valence-corrected chi connectivity index (χ4v) is 1.28. The Balaban J connectivity index is 2.55. The Morgan fingerprint density at radius 2 is 2.38 bits per heavy atom. The third-order valence-corrected chi connectivity index (χ3v) is 2.92. The summed E-state index contributed by atoms with van der Waals surface area (Å²) in [7, 11) is 1.37. The van der Waals surface area contributed by atoms with Crippen LogP contribution in [0.4, 0.5) is 0 Å². The first kappa shape index (κ1) is 10.4. The van der Waals surface area contributed by atoms with Crippen molar-refractivity contribution in [3.63, 3.8) is 0 Å². The van der Waals surface area contributed by atoms with E-state index in [9.17, 15) is 4.79 Å². The molecule has 0 aliphatic rings. The number of carbonyl (C=O) groups excluding carboxylic acids is 1. The van der Waals surface area contributed by atoms with Crippen LogP contribution in [0.25, 0.3) is 0 Å². The minimum absolute atomic E-state index is 0.232. The number of hydrogen-bond acceptors (Lipinski definition) is 4. The van der Waals surface area contributed by atoms with Gasteiger partial charge in [-0.25, -0.2) is 4.68 Å². The maximum absolute atomic E-state index is 10.8. The van der Waals surface area contributed by atoms with Crippen LogP contribution in [0.5, 0.6) is 0 Å². The van der Waals surface area contributed by atoms with Gasteiger partial charge in [0.2, 0.25) is 0 Å². The van der Waals surface area contributed by atoms with Crippen LogP contribution in [0, 0.1) is 10.6 Å². The smallest absolute Gasteiger partial charge is 0.307 e. The van der Waals surface area contributed by atoms with Crippen LogP contribution in [0.15, 0.2) is 0 Å². The van der Waals surface area contributed by atoms with Gasteiger partial charge >= 0.3 is 5.97 Å². The molecule has 0 aliphatic heterocycles. The van der Waals surface area contributed by atoms with Gasteiger partial charge in [0.15, 0.2) is 0 Å². The van der Waals surface area contributed by atoms with E-state index >= 15 is 0 Å². The van der Waals surface area contributed by atoms with Gasteiger partial charge in [0.25, 0.3) is 0 Å². The Bertz CT molecular complexity index is 311. The van der Waals surface area contributed by atoms with E-state index in [1.807, 2.05) is 6.92 Å². The first-order valence-corrected chi connectivity index (χ1v) is 4.85. The van der Waals surface area contributed by atoms with Crippen molar-refractivity contribution >= 4 is 28.6 Å². The lowest BCUT2D eigenvalue weighted by Crippen LogP contribution is -2.09. The molecule has 0 saturated carbocycles. The van der Waals surface area contributed by atoms with Crippen LogP contribution >= 0.6 is 22.6 Å². The molecule has 0 amide bonds. The molecule has 1 aromatic heterocycles. The number of aryl methyl sites for hydroxylation is 2. The highest BCUT2D eigenvalue weighted by atomic mass is 127. The van der Waals surface area contributed by atoms with Crippen molar-refractivity contribution in [1.29, 1.82) is 0 Å². The van der Waals surface area contributed by atoms with Crippen LogP contribution in [-0.4, -0.2) is 28.1 Å². The SMILES string of the molecule is COC(=O)CCn1nnc(C)c1I. The first-order chi connectivity index (χ1) is 6.15. The molecule has 0 fully saturated rings. The summed E-state index contributed by atoms with van der Waals surface area (Å²) < 4.78 is 7.16. The second-order valence-corrected chi connectivity index (χ2v) is 3.54. The van der Waals surface area contributed by atoms with Crippen molar-refractivity contribution in [2.45, 2.75) is 19.9 Å². The standard InChI is InChI=1S/C7H10IN3O2/c1-5-7(8)11(10-9-5)4-3-6(12)13-2/h3-4H2,1-2H3. The molecule has 72 valence electrons. The van der Waals surface area contributed by atoms with Gasteiger partial charge in [0.1, 0.15) is 3.70 Å². The minimum Gasteiger partial charge on any atom is -0.469 e. The van der Waals surface area contributed by atoms with Crippen LogP contribution in [-0.2, 0) is 16.1 Å². The number of halogens is 1. The van der Waals surface area contributed by atoms with E-state index in [0.29, 0.717) is 13.0 Å². The normalized spacial score (nSPS) is 10.1. The highest BCUT2D eigenvalue weighted by molar-refractivity contribution is 14.1. The van der Waals surface area contributed by atoms with E-state index in [1.54, 1.807) is 4.68 Å². The molecule has 1 heterocycles. The molecule has 5 nitrogen and oxygen atoms in total. The second kappa shape index (κ2) is 4.54. The number of methoxy groups -OCH3 is 1. The number of ether oxygens (including phenoxy) is 1. The molecule has 6 heteroatoms. The summed E-state index contributed by atoms with van der Waals surface area (Å²) in [6, 6.07) is 0. The lowest BCUT2D eigenvalue weighted by atomic mass is 10.4. The van der Waals surface area contributed by atoms with Gasteiger partial charge in [0, 0.05) is 0 Å². The number of nitrogens with zero attached hydrogens (tertiary/aromatic N) is 3. The van der Waals surface area contributed by atoms with Gasteiger partial charge in [-0.1, -0.05) is 5.21 Å². The molecule has 0 radical (unpaired) electrons. The van der Waals surface area contributed by atoms with E-state index in [2.05, 4.69) is 37.6 Å². The second-order valence-electron chi connectivity index (χ2n) is 2.51. The molecular formula is C7H10IN3O2. The summed E-state index contributed by atoms with van der Waals surface area (Å²) in [5.74, 6) is -0.232. The summed E-state index contributed by atoms with van der Waals surface area (Å²) in [4.78, 5) is 10.8. The van der Waals surface area contributed by atoms with Gasteiger partial charge in [-0.05, 0) is 29.5 Å². The molecule has 0 saturated heterocycles. The van der Waals surface area contributed by atoms with E-state index in [1.165, 1.54) is 7.11 Å². The molecular weight excluding hydrogens is 285 g/mol. The van der Waals surface area contributed by atoms with Crippen molar-refractivity contribution < 1.29 is 9.53 Å². The average Bonchev–Trinajstić information content (AvgIpc) is 2.44. The molecule has 0 spiro atoms. The zero-order chi connectivity index (χ0) is 9.84. The zero-order valence-corrected chi connectivity index (χ0v) is 9.61. The van der Waals surface area contributed by atoms with Crippen molar-refractivity contribution in [3.8, 4) is 0 Å². The highest BCUT2D eigenvalue weighted by Gasteiger charge is 2.07. The lowest BCUT2D eigenvalue weighted by molar-refractivity contribution is -0.140. The van der Waals surface area contributed by atoms with E-state index in [-0.39, 0.29) is 5.97 Å². The van der Waals surface area contributed by atoms with E-state index < -0.39 is 0 Å². The Morgan fingerprint density at radius 1 is 1.69 bits per heavy atom. The molecule has 0 aromatic carbocycles. The number of aromatic nitrogens is 3. The Kier molecular flexibility index (Phi) is 3.64. The molecule has 0 unspecified atom stereocenters. The molecule has 0 atom stereocenters. The molecule has 1 rings (SSSR count). The Morgan fingerprint density at radius 3 is 2.85 bits per heavy atom. The van der Waals surface area contributed by atoms with E-state index in [4.69, 9.17) is 0 Å². The van der Waals surface area contributed by atoms with Crippen molar-refractivity contribution in [2.75, 3.05) is 7.11 Å². The quantitative estimate of drug-likeness (QED) is 0.610. The number of hydrogen-bond donors (Lipinski definition) is 0. The topological polar surface area (TPSA) is 57.0 Å². The van der Waals surface area contributed by atoms with Crippen LogP contribution in [0.2, 0.25) is 0 Å². The van der Waals surface area contributed by atoms with Gasteiger partial charge < -0.3 is 4.74 Å². The first-order valence-electron chi connectivity index (χ1n) is 3.77. The minimum atomic E-state index is -0.232. The summed E-state index contributed by atoms with van der Waals surface area (Å²) in [6.45, 7) is 2.40. The van der Waals surface area contributed by atoms with Crippen LogP contribution < -0.4 is 0 Å². The largest absolute Gasteiger partial charge is 0.469 e. The van der Waals surface area contributed by atoms with Crippen molar-refractivity contribution in [2.24, 2.45) is 0 Å². The summed E-state index contributed by atoms with van der Waals surface area (Å²) in [5.41, 5.74) is 0.880. The highest BCUT2D eigenvalue weighted by Crippen LogP contribution is 2.07. The van der Waals surface area contributed by atoms with E-state index in [0.717, 1.165) is 9.39 Å². The van der Waals surface area contributed by atoms with Crippen molar-refractivity contribution in [1.82, 2.24) is 15.0 Å². The average molecular weight is 295 g/mol. The van der Waals surface area contributed by atoms with Gasteiger partial charge in [-0.2, -0.15) is 0 Å². The Labute approximate surface area is 89.6 Å². The fourth-order valence-electron chi connectivity index (χ4n) is 0.830. The summed E-state index contributed by atoms with van der Waals surface area (Å²) >= 11 is 2.14. The van der Waals surface area contributed by atoms with Crippen LogP contribution in [0.1, 0.15) is 12.1 Å². The van der Waals surface area contributed by atoms with Crippen LogP contribution in [0.3, 0.4) is 0 Å². The predicted molar refractivity (Wildman–Crippen MR) is 54.1 cm³/mol. The van der Waals surface area contributed by atoms with Gasteiger partial charge in [0.05, 0.1) is 25.8 Å². The van der Waals surface area contributed by atoms with Gasteiger partial charge in [-0.15, -0.1) is 5.10 Å². The Hall–Kier alpha value is -0.660. The maximum Gasteiger partial charge on any atom is 0.307 e. The molecule has 0 N–H and O–H groups in total. The maximum atomic E-state index is 10.8. The fraction of sp³-hybridized carbons (Fsp3) is 0.571. The molecule has 1 aromatic rings. The number of esters is 1. The zero-order valence-electron chi connectivity index (χ0n) is 7.45. The van der Waals surface area contributed by atoms with Gasteiger partial charge in [-0.3, -0.25) is 4.79 Å².